The Balaban J connectivity index is 2.01. The van der Waals surface area contributed by atoms with Crippen LogP contribution in [0.5, 0.6) is 0 Å². The normalized spacial score (nSPS) is 23.1. The summed E-state index contributed by atoms with van der Waals surface area (Å²) in [5.41, 5.74) is -0.152. The minimum absolute atomic E-state index is 0.137. The average Bonchev–Trinajstić information content (AvgIpc) is 2.41. The number of ketones is 1. The van der Waals surface area contributed by atoms with Crippen molar-refractivity contribution in [1.29, 1.82) is 0 Å². The Morgan fingerprint density at radius 3 is 2.80 bits per heavy atom. The highest BCUT2D eigenvalue weighted by molar-refractivity contribution is 5.97. The van der Waals surface area contributed by atoms with Gasteiger partial charge in [0.2, 0.25) is 0 Å². The zero-order valence-corrected chi connectivity index (χ0v) is 12.0. The van der Waals surface area contributed by atoms with Crippen molar-refractivity contribution in [1.82, 2.24) is 4.90 Å². The molecule has 2 atom stereocenters. The Labute approximate surface area is 118 Å². The van der Waals surface area contributed by atoms with Gasteiger partial charge in [-0.25, -0.2) is 8.78 Å². The lowest BCUT2D eigenvalue weighted by molar-refractivity contribution is 0.0878. The molecule has 2 unspecified atom stereocenters. The molecule has 1 fully saturated rings. The summed E-state index contributed by atoms with van der Waals surface area (Å²) in [7, 11) is 1.89. The van der Waals surface area contributed by atoms with Gasteiger partial charge in [0.1, 0.15) is 11.6 Å². The van der Waals surface area contributed by atoms with E-state index in [-0.39, 0.29) is 17.9 Å². The van der Waals surface area contributed by atoms with Crippen LogP contribution in [0.1, 0.15) is 43.0 Å². The van der Waals surface area contributed by atoms with Crippen molar-refractivity contribution in [2.75, 3.05) is 13.6 Å². The van der Waals surface area contributed by atoms with Gasteiger partial charge in [-0.3, -0.25) is 9.69 Å². The standard InChI is InChI=1S/C16H21F2NO/c1-11-4-3-5-13(8-11)19(2)10-16(20)14-9-12(17)6-7-15(14)18/h6-7,9,11,13H,3-5,8,10H2,1-2H3. The summed E-state index contributed by atoms with van der Waals surface area (Å²) in [6.07, 6.45) is 4.53. The topological polar surface area (TPSA) is 20.3 Å². The Morgan fingerprint density at radius 1 is 1.35 bits per heavy atom. The number of likely N-dealkylation sites (N-methyl/N-ethyl adjacent to an activating group) is 1. The summed E-state index contributed by atoms with van der Waals surface area (Å²) >= 11 is 0. The third-order valence-electron chi connectivity index (χ3n) is 4.15. The summed E-state index contributed by atoms with van der Waals surface area (Å²) < 4.78 is 26.7. The maximum absolute atomic E-state index is 13.6. The third kappa shape index (κ3) is 3.63. The van der Waals surface area contributed by atoms with Crippen molar-refractivity contribution in [3.05, 3.63) is 35.4 Å². The van der Waals surface area contributed by atoms with E-state index < -0.39 is 11.6 Å². The highest BCUT2D eigenvalue weighted by Crippen LogP contribution is 2.26. The molecule has 1 aliphatic rings. The second-order valence-corrected chi connectivity index (χ2v) is 5.89. The second-order valence-electron chi connectivity index (χ2n) is 5.89. The van der Waals surface area contributed by atoms with E-state index >= 15 is 0 Å². The molecule has 1 aromatic carbocycles. The van der Waals surface area contributed by atoms with Gasteiger partial charge in [-0.05, 0) is 44.0 Å². The summed E-state index contributed by atoms with van der Waals surface area (Å²) in [4.78, 5) is 14.1. The SMILES string of the molecule is CC1CCCC(N(C)CC(=O)c2cc(F)ccc2F)C1. The molecular formula is C16H21F2NO. The fourth-order valence-electron chi connectivity index (χ4n) is 2.95. The number of benzene rings is 1. The molecule has 2 rings (SSSR count). The van der Waals surface area contributed by atoms with Crippen molar-refractivity contribution in [3.8, 4) is 0 Å². The van der Waals surface area contributed by atoms with E-state index in [1.807, 2.05) is 11.9 Å². The van der Waals surface area contributed by atoms with Crippen molar-refractivity contribution in [3.63, 3.8) is 0 Å². The minimum Gasteiger partial charge on any atom is -0.296 e. The first-order valence-corrected chi connectivity index (χ1v) is 7.16. The molecule has 0 amide bonds. The van der Waals surface area contributed by atoms with Gasteiger partial charge in [0, 0.05) is 6.04 Å². The van der Waals surface area contributed by atoms with Gasteiger partial charge in [-0.15, -0.1) is 0 Å². The van der Waals surface area contributed by atoms with Gasteiger partial charge in [0.15, 0.2) is 5.78 Å². The first-order chi connectivity index (χ1) is 9.47. The predicted molar refractivity (Wildman–Crippen MR) is 74.7 cm³/mol. The number of carbonyl (C=O) groups is 1. The first-order valence-electron chi connectivity index (χ1n) is 7.16. The average molecular weight is 281 g/mol. The zero-order valence-electron chi connectivity index (χ0n) is 12.0. The van der Waals surface area contributed by atoms with E-state index in [1.165, 1.54) is 12.8 Å². The number of hydrogen-bond acceptors (Lipinski definition) is 2. The molecule has 0 bridgehead atoms. The molecule has 0 radical (unpaired) electrons. The monoisotopic (exact) mass is 281 g/mol. The van der Waals surface area contributed by atoms with Crippen LogP contribution in [0.15, 0.2) is 18.2 Å². The Hall–Kier alpha value is -1.29. The van der Waals surface area contributed by atoms with Crippen molar-refractivity contribution >= 4 is 5.78 Å². The Bertz CT molecular complexity index is 489. The lowest BCUT2D eigenvalue weighted by Gasteiger charge is -2.33. The Kier molecular flexibility index (Phi) is 4.86. The molecule has 110 valence electrons. The summed E-state index contributed by atoms with van der Waals surface area (Å²) in [5, 5.41) is 0. The van der Waals surface area contributed by atoms with E-state index in [2.05, 4.69) is 6.92 Å². The van der Waals surface area contributed by atoms with Crippen LogP contribution in [-0.2, 0) is 0 Å². The molecule has 0 heterocycles. The molecule has 1 saturated carbocycles. The van der Waals surface area contributed by atoms with Crippen LogP contribution in [0.25, 0.3) is 0 Å². The fraction of sp³-hybridized carbons (Fsp3) is 0.562. The second kappa shape index (κ2) is 6.44. The summed E-state index contributed by atoms with van der Waals surface area (Å²) in [6.45, 7) is 2.35. The third-order valence-corrected chi connectivity index (χ3v) is 4.15. The summed E-state index contributed by atoms with van der Waals surface area (Å²) in [6, 6.07) is 3.37. The number of hydrogen-bond donors (Lipinski definition) is 0. The van der Waals surface area contributed by atoms with E-state index in [0.717, 1.165) is 31.0 Å². The van der Waals surface area contributed by atoms with E-state index in [4.69, 9.17) is 0 Å². The van der Waals surface area contributed by atoms with Crippen LogP contribution < -0.4 is 0 Å². The molecule has 1 aromatic rings. The van der Waals surface area contributed by atoms with Crippen LogP contribution >= 0.6 is 0 Å². The zero-order chi connectivity index (χ0) is 14.7. The van der Waals surface area contributed by atoms with Crippen LogP contribution in [-0.4, -0.2) is 30.3 Å². The van der Waals surface area contributed by atoms with E-state index in [0.29, 0.717) is 12.0 Å². The van der Waals surface area contributed by atoms with Crippen LogP contribution in [0.3, 0.4) is 0 Å². The molecular weight excluding hydrogens is 260 g/mol. The molecule has 0 aromatic heterocycles. The number of Topliss-reactive ketones (excluding diaryl/α,β-unsaturated/α-hetero) is 1. The maximum Gasteiger partial charge on any atom is 0.179 e. The maximum atomic E-state index is 13.6. The molecule has 1 aliphatic carbocycles. The molecule has 0 saturated heterocycles. The Morgan fingerprint density at radius 2 is 2.10 bits per heavy atom. The lowest BCUT2D eigenvalue weighted by atomic mass is 9.86. The van der Waals surface area contributed by atoms with Gasteiger partial charge < -0.3 is 0 Å². The smallest absolute Gasteiger partial charge is 0.179 e. The first kappa shape index (κ1) is 15.1. The van der Waals surface area contributed by atoms with Crippen LogP contribution in [0, 0.1) is 17.6 Å². The van der Waals surface area contributed by atoms with Gasteiger partial charge in [0.25, 0.3) is 0 Å². The van der Waals surface area contributed by atoms with Gasteiger partial charge in [-0.1, -0.05) is 19.8 Å². The molecule has 20 heavy (non-hydrogen) atoms. The number of rotatable bonds is 4. The molecule has 0 spiro atoms. The van der Waals surface area contributed by atoms with Crippen molar-refractivity contribution in [2.45, 2.75) is 38.6 Å². The molecule has 0 aliphatic heterocycles. The molecule has 4 heteroatoms. The quantitative estimate of drug-likeness (QED) is 0.785. The highest BCUT2D eigenvalue weighted by atomic mass is 19.1. The largest absolute Gasteiger partial charge is 0.296 e. The number of halogens is 2. The van der Waals surface area contributed by atoms with Crippen LogP contribution in [0.4, 0.5) is 8.78 Å². The summed E-state index contributed by atoms with van der Waals surface area (Å²) in [5.74, 6) is -0.926. The van der Waals surface area contributed by atoms with Gasteiger partial charge in [-0.2, -0.15) is 0 Å². The number of carbonyl (C=O) groups excluding carboxylic acids is 1. The van der Waals surface area contributed by atoms with Gasteiger partial charge >= 0.3 is 0 Å². The van der Waals surface area contributed by atoms with Crippen molar-refractivity contribution in [2.24, 2.45) is 5.92 Å². The van der Waals surface area contributed by atoms with Gasteiger partial charge in [0.05, 0.1) is 12.1 Å². The van der Waals surface area contributed by atoms with E-state index in [1.54, 1.807) is 0 Å². The number of nitrogens with zero attached hydrogens (tertiary/aromatic N) is 1. The van der Waals surface area contributed by atoms with Crippen molar-refractivity contribution < 1.29 is 13.6 Å². The molecule has 2 nitrogen and oxygen atoms in total. The molecule has 0 N–H and O–H groups in total. The lowest BCUT2D eigenvalue weighted by Crippen LogP contribution is -2.39. The minimum atomic E-state index is -0.651. The predicted octanol–water partition coefficient (Wildman–Crippen LogP) is 3.66. The fourth-order valence-corrected chi connectivity index (χ4v) is 2.95. The van der Waals surface area contributed by atoms with Crippen LogP contribution in [0.2, 0.25) is 0 Å². The highest BCUT2D eigenvalue weighted by Gasteiger charge is 2.24. The van der Waals surface area contributed by atoms with E-state index in [9.17, 15) is 13.6 Å².